The predicted molar refractivity (Wildman–Crippen MR) is 74.2 cm³/mol. The minimum Gasteiger partial charge on any atom is -0.313 e. The molecule has 1 aliphatic carbocycles. The van der Waals surface area contributed by atoms with E-state index in [0.29, 0.717) is 0 Å². The van der Waals surface area contributed by atoms with Gasteiger partial charge in [-0.2, -0.15) is 0 Å². The summed E-state index contributed by atoms with van der Waals surface area (Å²) in [4.78, 5) is 0. The zero-order valence-corrected chi connectivity index (χ0v) is 11.3. The molecule has 2 rings (SSSR count). The van der Waals surface area contributed by atoms with Crippen molar-refractivity contribution < 1.29 is 0 Å². The van der Waals surface area contributed by atoms with Crippen molar-refractivity contribution >= 4 is 0 Å². The lowest BCUT2D eigenvalue weighted by Gasteiger charge is -2.11. The lowest BCUT2D eigenvalue weighted by atomic mass is 10.0. The van der Waals surface area contributed by atoms with E-state index in [1.54, 1.807) is 0 Å². The van der Waals surface area contributed by atoms with Crippen LogP contribution in [0.3, 0.4) is 0 Å². The normalized spacial score (nSPS) is 16.6. The van der Waals surface area contributed by atoms with Crippen molar-refractivity contribution in [3.63, 3.8) is 0 Å². The molecule has 0 aromatic heterocycles. The monoisotopic (exact) mass is 231 g/mol. The van der Waals surface area contributed by atoms with Gasteiger partial charge < -0.3 is 5.32 Å². The average Bonchev–Trinajstić information content (AvgIpc) is 2.79. The minimum atomic E-state index is 1.00. The van der Waals surface area contributed by atoms with Crippen molar-refractivity contribution in [1.82, 2.24) is 5.32 Å². The summed E-state index contributed by atoms with van der Waals surface area (Å²) in [5, 5.41) is 3.59. The molecule has 0 atom stereocenters. The third kappa shape index (κ3) is 3.85. The molecule has 0 saturated heterocycles. The molecule has 94 valence electrons. The Kier molecular flexibility index (Phi) is 4.61. The van der Waals surface area contributed by atoms with Crippen LogP contribution in [0.1, 0.15) is 48.8 Å². The number of hydrogen-bond donors (Lipinski definition) is 1. The van der Waals surface area contributed by atoms with Gasteiger partial charge in [-0.15, -0.1) is 0 Å². The van der Waals surface area contributed by atoms with Crippen LogP contribution in [0.2, 0.25) is 0 Å². The molecule has 1 fully saturated rings. The summed E-state index contributed by atoms with van der Waals surface area (Å²) in [5.74, 6) is 1.00. The van der Waals surface area contributed by atoms with Gasteiger partial charge in [0.15, 0.2) is 0 Å². The maximum Gasteiger partial charge on any atom is 0.0208 e. The van der Waals surface area contributed by atoms with Gasteiger partial charge >= 0.3 is 0 Å². The zero-order valence-electron chi connectivity index (χ0n) is 11.3. The third-order valence-corrected chi connectivity index (χ3v) is 4.02. The first-order chi connectivity index (χ1) is 8.25. The van der Waals surface area contributed by atoms with Crippen LogP contribution in [0.15, 0.2) is 18.2 Å². The van der Waals surface area contributed by atoms with Crippen molar-refractivity contribution in [3.05, 3.63) is 34.9 Å². The summed E-state index contributed by atoms with van der Waals surface area (Å²) in [6, 6.07) is 6.74. The smallest absolute Gasteiger partial charge is 0.0208 e. The molecule has 0 spiro atoms. The Morgan fingerprint density at radius 3 is 2.65 bits per heavy atom. The molecule has 1 aliphatic rings. The first kappa shape index (κ1) is 12.6. The van der Waals surface area contributed by atoms with Crippen molar-refractivity contribution in [2.45, 2.75) is 52.5 Å². The quantitative estimate of drug-likeness (QED) is 0.756. The van der Waals surface area contributed by atoms with Crippen LogP contribution in [0, 0.1) is 19.8 Å². The van der Waals surface area contributed by atoms with Gasteiger partial charge in [-0.1, -0.05) is 49.4 Å². The van der Waals surface area contributed by atoms with Crippen LogP contribution in [-0.2, 0) is 6.54 Å². The molecule has 0 bridgehead atoms. The highest BCUT2D eigenvalue weighted by Gasteiger charge is 2.13. The summed E-state index contributed by atoms with van der Waals surface area (Å²) in [6.45, 7) is 6.57. The molecule has 0 amide bonds. The Labute approximate surface area is 106 Å². The van der Waals surface area contributed by atoms with E-state index in [1.807, 2.05) is 0 Å². The molecule has 0 heterocycles. The largest absolute Gasteiger partial charge is 0.313 e. The Morgan fingerprint density at radius 1 is 1.18 bits per heavy atom. The number of aryl methyl sites for hydroxylation is 2. The summed E-state index contributed by atoms with van der Waals surface area (Å²) >= 11 is 0. The van der Waals surface area contributed by atoms with Crippen LogP contribution in [0.25, 0.3) is 0 Å². The average molecular weight is 231 g/mol. The fraction of sp³-hybridized carbons (Fsp3) is 0.625. The lowest BCUT2D eigenvalue weighted by Crippen LogP contribution is -2.17. The maximum atomic E-state index is 3.59. The van der Waals surface area contributed by atoms with Gasteiger partial charge in [0.05, 0.1) is 0 Å². The highest BCUT2D eigenvalue weighted by molar-refractivity contribution is 5.30. The molecule has 0 aliphatic heterocycles. The van der Waals surface area contributed by atoms with Gasteiger partial charge in [0.25, 0.3) is 0 Å². The van der Waals surface area contributed by atoms with E-state index in [1.165, 1.54) is 55.3 Å². The second-order valence-corrected chi connectivity index (χ2v) is 5.55. The Bertz CT molecular complexity index is 351. The lowest BCUT2D eigenvalue weighted by molar-refractivity contribution is 0.477. The van der Waals surface area contributed by atoms with Gasteiger partial charge in [0.2, 0.25) is 0 Å². The molecular formula is C16H25N. The summed E-state index contributed by atoms with van der Waals surface area (Å²) < 4.78 is 0. The van der Waals surface area contributed by atoms with Gasteiger partial charge in [-0.05, 0) is 43.9 Å². The highest BCUT2D eigenvalue weighted by atomic mass is 14.8. The highest BCUT2D eigenvalue weighted by Crippen LogP contribution is 2.26. The van der Waals surface area contributed by atoms with E-state index in [9.17, 15) is 0 Å². The zero-order chi connectivity index (χ0) is 12.1. The Balaban J connectivity index is 1.70. The fourth-order valence-corrected chi connectivity index (χ4v) is 2.87. The summed E-state index contributed by atoms with van der Waals surface area (Å²) in [5.41, 5.74) is 4.22. The van der Waals surface area contributed by atoms with E-state index in [2.05, 4.69) is 37.4 Å². The molecule has 1 aromatic carbocycles. The molecule has 0 radical (unpaired) electrons. The van der Waals surface area contributed by atoms with E-state index < -0.39 is 0 Å². The van der Waals surface area contributed by atoms with E-state index >= 15 is 0 Å². The van der Waals surface area contributed by atoms with E-state index in [0.717, 1.165) is 12.5 Å². The second-order valence-electron chi connectivity index (χ2n) is 5.55. The predicted octanol–water partition coefficient (Wildman–Crippen LogP) is 3.97. The van der Waals surface area contributed by atoms with Gasteiger partial charge in [-0.3, -0.25) is 0 Å². The third-order valence-electron chi connectivity index (χ3n) is 4.02. The van der Waals surface area contributed by atoms with E-state index in [4.69, 9.17) is 0 Å². The molecular weight excluding hydrogens is 206 g/mol. The molecule has 1 aromatic rings. The molecule has 1 saturated carbocycles. The number of nitrogens with one attached hydrogen (secondary N) is 1. The van der Waals surface area contributed by atoms with Gasteiger partial charge in [0, 0.05) is 6.54 Å². The van der Waals surface area contributed by atoms with Crippen molar-refractivity contribution in [2.75, 3.05) is 6.54 Å². The number of rotatable bonds is 5. The fourth-order valence-electron chi connectivity index (χ4n) is 2.87. The van der Waals surface area contributed by atoms with E-state index in [-0.39, 0.29) is 0 Å². The van der Waals surface area contributed by atoms with Crippen molar-refractivity contribution in [3.8, 4) is 0 Å². The van der Waals surface area contributed by atoms with Crippen LogP contribution in [-0.4, -0.2) is 6.54 Å². The standard InChI is InChI=1S/C16H25N/c1-13-7-8-16(14(2)11-13)12-17-10-9-15-5-3-4-6-15/h7-8,11,15,17H,3-6,9-10,12H2,1-2H3. The Hall–Kier alpha value is -0.820. The van der Waals surface area contributed by atoms with Crippen LogP contribution in [0.5, 0.6) is 0 Å². The molecule has 1 heteroatoms. The molecule has 0 unspecified atom stereocenters. The number of benzene rings is 1. The first-order valence-electron chi connectivity index (χ1n) is 7.02. The number of hydrogen-bond acceptors (Lipinski definition) is 1. The maximum absolute atomic E-state index is 3.59. The second kappa shape index (κ2) is 6.20. The van der Waals surface area contributed by atoms with Crippen LogP contribution < -0.4 is 5.32 Å². The summed E-state index contributed by atoms with van der Waals surface area (Å²) in [6.07, 6.45) is 7.21. The minimum absolute atomic E-state index is 1.00. The van der Waals surface area contributed by atoms with Gasteiger partial charge in [-0.25, -0.2) is 0 Å². The molecule has 1 N–H and O–H groups in total. The van der Waals surface area contributed by atoms with Crippen molar-refractivity contribution in [2.24, 2.45) is 5.92 Å². The van der Waals surface area contributed by atoms with Crippen molar-refractivity contribution in [1.29, 1.82) is 0 Å². The molecule has 17 heavy (non-hydrogen) atoms. The topological polar surface area (TPSA) is 12.0 Å². The first-order valence-corrected chi connectivity index (χ1v) is 7.02. The Morgan fingerprint density at radius 2 is 1.94 bits per heavy atom. The molecule has 1 nitrogen and oxygen atoms in total. The summed E-state index contributed by atoms with van der Waals surface area (Å²) in [7, 11) is 0. The van der Waals surface area contributed by atoms with Gasteiger partial charge in [0.1, 0.15) is 0 Å². The van der Waals surface area contributed by atoms with Crippen LogP contribution in [0.4, 0.5) is 0 Å². The van der Waals surface area contributed by atoms with Crippen LogP contribution >= 0.6 is 0 Å². The SMILES string of the molecule is Cc1ccc(CNCCC2CCCC2)c(C)c1.